The molecule has 2 aromatic rings. The van der Waals surface area contributed by atoms with Gasteiger partial charge in [-0.3, -0.25) is 4.79 Å². The molecule has 0 unspecified atom stereocenters. The number of amides is 1. The Bertz CT molecular complexity index is 902. The van der Waals surface area contributed by atoms with Crippen LogP contribution < -0.4 is 5.32 Å². The molecular formula is C17H20N2O3S2. The van der Waals surface area contributed by atoms with Gasteiger partial charge in [0.15, 0.2) is 9.84 Å². The van der Waals surface area contributed by atoms with Gasteiger partial charge in [-0.1, -0.05) is 23.8 Å². The zero-order valence-corrected chi connectivity index (χ0v) is 15.6. The number of sulfone groups is 1. The number of aromatic nitrogens is 1. The Hall–Kier alpha value is -1.73. The summed E-state index contributed by atoms with van der Waals surface area (Å²) in [6, 6.07) is 6.12. The lowest BCUT2D eigenvalue weighted by Crippen LogP contribution is -2.46. The summed E-state index contributed by atoms with van der Waals surface area (Å²) in [5, 5.41) is 3.66. The number of nitrogens with one attached hydrogen (secondary N) is 1. The Labute approximate surface area is 146 Å². The van der Waals surface area contributed by atoms with E-state index in [1.165, 1.54) is 16.9 Å². The first kappa shape index (κ1) is 17.1. The molecule has 1 aromatic carbocycles. The summed E-state index contributed by atoms with van der Waals surface area (Å²) in [5.74, 6) is -0.141. The van der Waals surface area contributed by atoms with Gasteiger partial charge >= 0.3 is 0 Å². The normalized spacial score (nSPS) is 22.5. The van der Waals surface area contributed by atoms with Gasteiger partial charge in [-0.25, -0.2) is 13.4 Å². The summed E-state index contributed by atoms with van der Waals surface area (Å²) in [5.41, 5.74) is 2.62. The quantitative estimate of drug-likeness (QED) is 0.908. The second-order valence-corrected chi connectivity index (χ2v) is 9.92. The Kier molecular flexibility index (Phi) is 4.25. The van der Waals surface area contributed by atoms with Crippen molar-refractivity contribution in [3.8, 4) is 10.6 Å². The molecule has 1 aliphatic rings. The number of rotatable bonds is 3. The molecule has 3 rings (SSSR count). The minimum atomic E-state index is -3.06. The van der Waals surface area contributed by atoms with E-state index >= 15 is 0 Å². The predicted octanol–water partition coefficient (Wildman–Crippen LogP) is 2.73. The van der Waals surface area contributed by atoms with Gasteiger partial charge in [0.1, 0.15) is 9.88 Å². The van der Waals surface area contributed by atoms with E-state index < -0.39 is 15.4 Å². The van der Waals surface area contributed by atoms with Crippen LogP contribution in [0.4, 0.5) is 0 Å². The highest BCUT2D eigenvalue weighted by Gasteiger charge is 2.39. The van der Waals surface area contributed by atoms with Gasteiger partial charge in [0.25, 0.3) is 5.91 Å². The van der Waals surface area contributed by atoms with E-state index in [2.05, 4.69) is 16.4 Å². The van der Waals surface area contributed by atoms with Crippen LogP contribution in [0.1, 0.15) is 34.1 Å². The van der Waals surface area contributed by atoms with E-state index in [-0.39, 0.29) is 17.4 Å². The Balaban J connectivity index is 1.79. The van der Waals surface area contributed by atoms with E-state index in [1.54, 1.807) is 13.1 Å². The van der Waals surface area contributed by atoms with Crippen molar-refractivity contribution in [1.29, 1.82) is 0 Å². The molecule has 1 atom stereocenters. The highest BCUT2D eigenvalue weighted by molar-refractivity contribution is 7.91. The molecule has 1 aliphatic heterocycles. The van der Waals surface area contributed by atoms with Crippen LogP contribution in [0.25, 0.3) is 10.6 Å². The molecule has 1 N–H and O–H groups in total. The van der Waals surface area contributed by atoms with Crippen LogP contribution in [0.15, 0.2) is 24.4 Å². The summed E-state index contributed by atoms with van der Waals surface area (Å²) < 4.78 is 23.3. The molecule has 5 nitrogen and oxygen atoms in total. The number of hydrogen-bond acceptors (Lipinski definition) is 5. The second kappa shape index (κ2) is 5.97. The van der Waals surface area contributed by atoms with Crippen LogP contribution in [0.3, 0.4) is 0 Å². The minimum Gasteiger partial charge on any atom is -0.345 e. The SMILES string of the molecule is Cc1ccc(-c2ncc(C(=O)N[C@]3(C)CCS(=O)(=O)C3)s2)c(C)c1. The van der Waals surface area contributed by atoms with Crippen molar-refractivity contribution in [3.63, 3.8) is 0 Å². The fourth-order valence-electron chi connectivity index (χ4n) is 3.00. The van der Waals surface area contributed by atoms with E-state index in [0.29, 0.717) is 11.3 Å². The average Bonchev–Trinajstić information content (AvgIpc) is 3.04. The van der Waals surface area contributed by atoms with Gasteiger partial charge in [-0.05, 0) is 32.8 Å². The van der Waals surface area contributed by atoms with Crippen LogP contribution in [0, 0.1) is 13.8 Å². The van der Waals surface area contributed by atoms with Gasteiger partial charge in [0.05, 0.1) is 23.2 Å². The van der Waals surface area contributed by atoms with Crippen LogP contribution >= 0.6 is 11.3 Å². The zero-order valence-electron chi connectivity index (χ0n) is 13.9. The zero-order chi connectivity index (χ0) is 17.5. The molecule has 128 valence electrons. The Morgan fingerprint density at radius 1 is 1.33 bits per heavy atom. The monoisotopic (exact) mass is 364 g/mol. The number of carbonyl (C=O) groups is 1. The van der Waals surface area contributed by atoms with Gasteiger partial charge in [-0.2, -0.15) is 0 Å². The first-order valence-corrected chi connectivity index (χ1v) is 10.4. The van der Waals surface area contributed by atoms with E-state index in [0.717, 1.165) is 16.1 Å². The highest BCUT2D eigenvalue weighted by Crippen LogP contribution is 2.29. The van der Waals surface area contributed by atoms with E-state index in [9.17, 15) is 13.2 Å². The molecule has 0 bridgehead atoms. The maximum Gasteiger partial charge on any atom is 0.263 e. The van der Waals surface area contributed by atoms with Crippen molar-refractivity contribution < 1.29 is 13.2 Å². The standard InChI is InChI=1S/C17H20N2O3S2/c1-11-4-5-13(12(2)8-11)16-18-9-14(23-16)15(20)19-17(3)6-7-24(21,22)10-17/h4-5,8-9H,6-7,10H2,1-3H3,(H,19,20)/t17-/m1/s1. The van der Waals surface area contributed by atoms with Crippen LogP contribution in [-0.4, -0.2) is 36.4 Å². The minimum absolute atomic E-state index is 0.00548. The van der Waals surface area contributed by atoms with E-state index in [4.69, 9.17) is 0 Å². The second-order valence-electron chi connectivity index (χ2n) is 6.70. The Morgan fingerprint density at radius 2 is 2.08 bits per heavy atom. The van der Waals surface area contributed by atoms with Crippen molar-refractivity contribution in [2.75, 3.05) is 11.5 Å². The summed E-state index contributed by atoms with van der Waals surface area (Å²) in [6.45, 7) is 5.84. The molecule has 0 aliphatic carbocycles. The van der Waals surface area contributed by atoms with Crippen molar-refractivity contribution in [3.05, 3.63) is 40.4 Å². The molecule has 2 heterocycles. The number of thiazole rings is 1. The average molecular weight is 364 g/mol. The first-order valence-electron chi connectivity index (χ1n) is 7.74. The lowest BCUT2D eigenvalue weighted by molar-refractivity contribution is 0.0919. The molecule has 1 aromatic heterocycles. The number of benzene rings is 1. The van der Waals surface area contributed by atoms with Crippen LogP contribution in [0.5, 0.6) is 0 Å². The first-order chi connectivity index (χ1) is 11.2. The molecule has 24 heavy (non-hydrogen) atoms. The van der Waals surface area contributed by atoms with Crippen molar-refractivity contribution in [1.82, 2.24) is 10.3 Å². The van der Waals surface area contributed by atoms with Crippen LogP contribution in [-0.2, 0) is 9.84 Å². The van der Waals surface area contributed by atoms with Gasteiger partial charge in [0, 0.05) is 5.56 Å². The summed E-state index contributed by atoms with van der Waals surface area (Å²) in [6.07, 6.45) is 2.01. The van der Waals surface area contributed by atoms with Crippen molar-refractivity contribution in [2.24, 2.45) is 0 Å². The third kappa shape index (κ3) is 3.52. The van der Waals surface area contributed by atoms with E-state index in [1.807, 2.05) is 26.0 Å². The van der Waals surface area contributed by atoms with Crippen molar-refractivity contribution in [2.45, 2.75) is 32.7 Å². The van der Waals surface area contributed by atoms with Gasteiger partial charge in [0.2, 0.25) is 0 Å². The molecule has 0 radical (unpaired) electrons. The van der Waals surface area contributed by atoms with Crippen molar-refractivity contribution >= 4 is 27.1 Å². The lowest BCUT2D eigenvalue weighted by atomic mass is 10.0. The fraction of sp³-hybridized carbons (Fsp3) is 0.412. The molecule has 1 amide bonds. The number of aryl methyl sites for hydroxylation is 2. The summed E-state index contributed by atoms with van der Waals surface area (Å²) in [7, 11) is -3.06. The summed E-state index contributed by atoms with van der Waals surface area (Å²) >= 11 is 1.32. The van der Waals surface area contributed by atoms with Gasteiger partial charge in [-0.15, -0.1) is 11.3 Å². The molecular weight excluding hydrogens is 344 g/mol. The number of carbonyl (C=O) groups excluding carboxylic acids is 1. The molecule has 7 heteroatoms. The third-order valence-electron chi connectivity index (χ3n) is 4.26. The topological polar surface area (TPSA) is 76.1 Å². The lowest BCUT2D eigenvalue weighted by Gasteiger charge is -2.23. The maximum atomic E-state index is 12.5. The van der Waals surface area contributed by atoms with Crippen LogP contribution in [0.2, 0.25) is 0 Å². The maximum absolute atomic E-state index is 12.5. The molecule has 1 saturated heterocycles. The highest BCUT2D eigenvalue weighted by atomic mass is 32.2. The molecule has 0 spiro atoms. The Morgan fingerprint density at radius 3 is 2.71 bits per heavy atom. The summed E-state index contributed by atoms with van der Waals surface area (Å²) in [4.78, 5) is 17.3. The van der Waals surface area contributed by atoms with Gasteiger partial charge < -0.3 is 5.32 Å². The number of hydrogen-bond donors (Lipinski definition) is 1. The smallest absolute Gasteiger partial charge is 0.263 e. The number of nitrogens with zero attached hydrogens (tertiary/aromatic N) is 1. The fourth-order valence-corrected chi connectivity index (χ4v) is 6.00. The molecule has 0 saturated carbocycles. The largest absolute Gasteiger partial charge is 0.345 e. The third-order valence-corrected chi connectivity index (χ3v) is 7.19. The predicted molar refractivity (Wildman–Crippen MR) is 96.2 cm³/mol. The molecule has 1 fully saturated rings.